The fourth-order valence-electron chi connectivity index (χ4n) is 2.97. The van der Waals surface area contributed by atoms with E-state index in [9.17, 15) is 19.2 Å². The average molecular weight is 774 g/mol. The Balaban J connectivity index is 0. The van der Waals surface area contributed by atoms with Gasteiger partial charge in [0.25, 0.3) is 0 Å². The van der Waals surface area contributed by atoms with E-state index in [2.05, 4.69) is 0 Å². The number of alkyl halides is 2. The van der Waals surface area contributed by atoms with Gasteiger partial charge in [-0.2, -0.15) is 0 Å². The number of aromatic carboxylic acids is 2. The summed E-state index contributed by atoms with van der Waals surface area (Å²) in [7, 11) is 0. The summed E-state index contributed by atoms with van der Waals surface area (Å²) >= 11 is 15.3. The van der Waals surface area contributed by atoms with Crippen molar-refractivity contribution in [2.24, 2.45) is 0 Å². The van der Waals surface area contributed by atoms with E-state index in [0.717, 1.165) is 0 Å². The molecule has 0 aliphatic carbocycles. The van der Waals surface area contributed by atoms with Crippen molar-refractivity contribution in [1.82, 2.24) is 0 Å². The van der Waals surface area contributed by atoms with E-state index in [1.807, 2.05) is 0 Å². The first kappa shape index (κ1) is 48.9. The van der Waals surface area contributed by atoms with Gasteiger partial charge in [-0.15, -0.1) is 23.2 Å². The third-order valence-corrected chi connectivity index (χ3v) is 5.82. The molecule has 14 nitrogen and oxygen atoms in total. The van der Waals surface area contributed by atoms with Crippen LogP contribution in [0.15, 0.2) is 48.5 Å². The number of halogens is 3. The maximum absolute atomic E-state index is 11.0. The number of rotatable bonds is 25. The number of carboxylic acid groups (broad SMARTS) is 2. The molecule has 0 aliphatic rings. The zero-order valence-electron chi connectivity index (χ0n) is 26.9. The van der Waals surface area contributed by atoms with Gasteiger partial charge in [-0.25, -0.2) is 9.59 Å². The normalized spacial score (nSPS) is 9.92. The van der Waals surface area contributed by atoms with Crippen LogP contribution in [0, 0.1) is 0 Å². The Morgan fingerprint density at radius 2 is 0.900 bits per heavy atom. The number of aliphatic hydroxyl groups is 1. The zero-order valence-corrected chi connectivity index (χ0v) is 29.2. The van der Waals surface area contributed by atoms with E-state index in [-0.39, 0.29) is 61.7 Å². The van der Waals surface area contributed by atoms with Gasteiger partial charge in [0.2, 0.25) is 5.24 Å². The smallest absolute Gasteiger partial charge is 0.335 e. The Hall–Kier alpha value is -3.21. The van der Waals surface area contributed by atoms with Crippen LogP contribution in [0.4, 0.5) is 0 Å². The number of carbonyl (C=O) groups excluding carboxylic acids is 2. The van der Waals surface area contributed by atoms with Gasteiger partial charge in [0.05, 0.1) is 77.0 Å². The van der Waals surface area contributed by atoms with Crippen molar-refractivity contribution in [3.05, 3.63) is 59.7 Å². The Bertz CT molecular complexity index is 1150. The highest BCUT2D eigenvalue weighted by molar-refractivity contribution is 6.63. The molecule has 0 unspecified atom stereocenters. The summed E-state index contributed by atoms with van der Waals surface area (Å²) in [5, 5.41) is 25.6. The van der Waals surface area contributed by atoms with Crippen LogP contribution in [0.5, 0.6) is 11.5 Å². The average Bonchev–Trinajstić information content (AvgIpc) is 3.08. The monoisotopic (exact) mass is 772 g/mol. The van der Waals surface area contributed by atoms with Crippen molar-refractivity contribution in [2.75, 3.05) is 91.0 Å². The molecule has 284 valence electrons. The SMILES string of the molecule is C.O=C(CCCl)OCCOCCOCCOc1ccc(C(=O)O)cc1.O=C(Cl)CCCl.O=C(O)c1ccc(OCCOCCOCCO)cc1. The van der Waals surface area contributed by atoms with Crippen LogP contribution in [0.2, 0.25) is 0 Å². The van der Waals surface area contributed by atoms with E-state index >= 15 is 0 Å². The van der Waals surface area contributed by atoms with Crippen LogP contribution in [-0.4, -0.2) is 130 Å². The highest BCUT2D eigenvalue weighted by Gasteiger charge is 2.04. The molecule has 0 saturated heterocycles. The van der Waals surface area contributed by atoms with Crippen molar-refractivity contribution >= 4 is 58.0 Å². The molecular weight excluding hydrogens is 727 g/mol. The summed E-state index contributed by atoms with van der Waals surface area (Å²) in [4.78, 5) is 42.0. The molecule has 3 N–H and O–H groups in total. The quantitative estimate of drug-likeness (QED) is 0.0540. The van der Waals surface area contributed by atoms with Gasteiger partial charge in [-0.05, 0) is 60.1 Å². The number of benzene rings is 2. The lowest BCUT2D eigenvalue weighted by molar-refractivity contribution is -0.144. The molecule has 2 aromatic carbocycles. The molecule has 0 saturated carbocycles. The lowest BCUT2D eigenvalue weighted by atomic mass is 10.2. The molecule has 0 aromatic heterocycles. The summed E-state index contributed by atoms with van der Waals surface area (Å²) < 4.78 is 36.4. The molecule has 0 radical (unpaired) electrons. The van der Waals surface area contributed by atoms with E-state index in [4.69, 9.17) is 83.3 Å². The second kappa shape index (κ2) is 34.2. The number of hydrogen-bond donors (Lipinski definition) is 3. The molecule has 0 fully saturated rings. The molecule has 0 atom stereocenters. The minimum absolute atomic E-state index is 0. The molecule has 2 aromatic rings. The van der Waals surface area contributed by atoms with Gasteiger partial charge < -0.3 is 48.5 Å². The van der Waals surface area contributed by atoms with Crippen LogP contribution in [0.3, 0.4) is 0 Å². The van der Waals surface area contributed by atoms with Gasteiger partial charge in [-0.1, -0.05) is 7.43 Å². The first-order valence-corrected chi connectivity index (χ1v) is 16.4. The van der Waals surface area contributed by atoms with Crippen LogP contribution in [-0.2, 0) is 33.3 Å². The van der Waals surface area contributed by atoms with E-state index in [0.29, 0.717) is 83.4 Å². The summed E-state index contributed by atoms with van der Waals surface area (Å²) in [5.41, 5.74) is 0.439. The fraction of sp³-hybridized carbons (Fsp3) is 0.515. The Kier molecular flexibility index (Phi) is 33.5. The third kappa shape index (κ3) is 29.7. The molecule has 0 bridgehead atoms. The van der Waals surface area contributed by atoms with Crippen molar-refractivity contribution in [2.45, 2.75) is 20.3 Å². The predicted molar refractivity (Wildman–Crippen MR) is 187 cm³/mol. The van der Waals surface area contributed by atoms with Gasteiger partial charge in [0, 0.05) is 18.2 Å². The number of carbonyl (C=O) groups is 4. The summed E-state index contributed by atoms with van der Waals surface area (Å²) in [6.07, 6.45) is 0.465. The zero-order chi connectivity index (χ0) is 36.5. The van der Waals surface area contributed by atoms with Crippen LogP contribution >= 0.6 is 34.8 Å². The molecule has 0 aliphatic heterocycles. The maximum Gasteiger partial charge on any atom is 0.335 e. The molecule has 0 amide bonds. The molecule has 50 heavy (non-hydrogen) atoms. The highest BCUT2D eigenvalue weighted by Crippen LogP contribution is 2.13. The number of carboxylic acids is 2. The van der Waals surface area contributed by atoms with E-state index in [1.54, 1.807) is 24.3 Å². The molecule has 17 heteroatoms. The fourth-order valence-corrected chi connectivity index (χ4v) is 3.49. The first-order chi connectivity index (χ1) is 23.6. The van der Waals surface area contributed by atoms with Gasteiger partial charge >= 0.3 is 17.9 Å². The van der Waals surface area contributed by atoms with Crippen LogP contribution in [0.1, 0.15) is 41.0 Å². The van der Waals surface area contributed by atoms with E-state index in [1.165, 1.54) is 24.3 Å². The van der Waals surface area contributed by atoms with Gasteiger partial charge in [0.1, 0.15) is 31.3 Å². The maximum atomic E-state index is 11.0. The topological polar surface area (TPSA) is 194 Å². The first-order valence-electron chi connectivity index (χ1n) is 14.9. The Morgan fingerprint density at radius 3 is 1.22 bits per heavy atom. The van der Waals surface area contributed by atoms with E-state index < -0.39 is 11.9 Å². The molecule has 2 rings (SSSR count). The number of ether oxygens (including phenoxy) is 7. The number of aliphatic hydroxyl groups excluding tert-OH is 1. The van der Waals surface area contributed by atoms with Crippen molar-refractivity contribution in [3.63, 3.8) is 0 Å². The number of esters is 1. The summed E-state index contributed by atoms with van der Waals surface area (Å²) in [6.45, 7) is 4.04. The third-order valence-electron chi connectivity index (χ3n) is 5.26. The van der Waals surface area contributed by atoms with Gasteiger partial charge in [0.15, 0.2) is 0 Å². The summed E-state index contributed by atoms with van der Waals surface area (Å²) in [6, 6.07) is 12.3. The van der Waals surface area contributed by atoms with Crippen LogP contribution in [0.25, 0.3) is 0 Å². The van der Waals surface area contributed by atoms with Crippen molar-refractivity contribution in [1.29, 1.82) is 0 Å². The van der Waals surface area contributed by atoms with Crippen molar-refractivity contribution < 1.29 is 67.7 Å². The van der Waals surface area contributed by atoms with Crippen LogP contribution < -0.4 is 9.47 Å². The lowest BCUT2D eigenvalue weighted by Gasteiger charge is -2.08. The lowest BCUT2D eigenvalue weighted by Crippen LogP contribution is -2.14. The molecule has 0 spiro atoms. The summed E-state index contributed by atoms with van der Waals surface area (Å²) in [5.74, 6) is -0.514. The second-order valence-corrected chi connectivity index (χ2v) is 10.2. The Labute approximate surface area is 307 Å². The predicted octanol–water partition coefficient (Wildman–Crippen LogP) is 4.77. The second-order valence-electron chi connectivity index (χ2n) is 8.98. The largest absolute Gasteiger partial charge is 0.491 e. The highest BCUT2D eigenvalue weighted by atomic mass is 35.5. The minimum Gasteiger partial charge on any atom is -0.491 e. The molecule has 0 heterocycles. The van der Waals surface area contributed by atoms with Gasteiger partial charge in [-0.3, -0.25) is 9.59 Å². The van der Waals surface area contributed by atoms with Crippen molar-refractivity contribution in [3.8, 4) is 11.5 Å². The Morgan fingerprint density at radius 1 is 0.540 bits per heavy atom. The minimum atomic E-state index is -0.973. The number of hydrogen-bond acceptors (Lipinski definition) is 12. The molecular formula is C33H47Cl3O14. The standard InChI is InChI=1S/C16H21ClO7.C13H18O6.C3H4Cl2O.CH4/c17-6-5-15(18)24-12-10-22-8-7-21-9-11-23-14-3-1-13(2-4-14)16(19)20;14-5-6-17-7-8-18-9-10-19-12-3-1-11(2-4-12)13(15)16;4-2-1-3(5)6;/h1-4H,5-12H2,(H,19,20);1-4,14H,5-10H2,(H,15,16);1-2H2;1H4.